The van der Waals surface area contributed by atoms with Gasteiger partial charge in [-0.15, -0.1) is 0 Å². The van der Waals surface area contributed by atoms with Crippen molar-refractivity contribution in [3.63, 3.8) is 0 Å². The Labute approximate surface area is 103 Å². The van der Waals surface area contributed by atoms with Gasteiger partial charge in [-0.2, -0.15) is 4.98 Å². The maximum absolute atomic E-state index is 9.25. The fraction of sp³-hybridized carbons (Fsp3) is 0.0769. The van der Waals surface area contributed by atoms with E-state index in [0.717, 1.165) is 11.1 Å². The zero-order valence-electron chi connectivity index (χ0n) is 9.71. The molecule has 5 heteroatoms. The van der Waals surface area contributed by atoms with E-state index in [4.69, 9.17) is 4.74 Å². The molecule has 0 amide bonds. The van der Waals surface area contributed by atoms with Crippen LogP contribution < -0.4 is 4.74 Å². The molecule has 90 valence electrons. The number of H-pyrrole nitrogens is 1. The van der Waals surface area contributed by atoms with Crippen molar-refractivity contribution in [2.45, 2.75) is 0 Å². The van der Waals surface area contributed by atoms with Crippen molar-refractivity contribution in [1.82, 2.24) is 15.0 Å². The average Bonchev–Trinajstić information content (AvgIpc) is 2.82. The van der Waals surface area contributed by atoms with Crippen molar-refractivity contribution in [2.24, 2.45) is 0 Å². The molecule has 3 aromatic rings. The van der Waals surface area contributed by atoms with Crippen molar-refractivity contribution < 1.29 is 9.84 Å². The van der Waals surface area contributed by atoms with Crippen LogP contribution in [0.25, 0.3) is 22.6 Å². The number of hydrogen-bond acceptors (Lipinski definition) is 4. The SMILES string of the molecule is COc1ccc2[nH]c(-c3ccc(O)cc3)nc2n1. The number of imidazole rings is 1. The molecule has 0 aliphatic heterocycles. The largest absolute Gasteiger partial charge is 0.508 e. The van der Waals surface area contributed by atoms with Crippen molar-refractivity contribution in [2.75, 3.05) is 7.11 Å². The van der Waals surface area contributed by atoms with Gasteiger partial charge in [-0.05, 0) is 30.3 Å². The minimum atomic E-state index is 0.231. The Bertz CT molecular complexity index is 689. The number of methoxy groups -OCH3 is 1. The van der Waals surface area contributed by atoms with E-state index in [2.05, 4.69) is 15.0 Å². The molecule has 0 radical (unpaired) electrons. The molecule has 18 heavy (non-hydrogen) atoms. The predicted molar refractivity (Wildman–Crippen MR) is 67.5 cm³/mol. The van der Waals surface area contributed by atoms with Crippen molar-refractivity contribution in [3.8, 4) is 23.0 Å². The molecular formula is C13H11N3O2. The number of aromatic nitrogens is 3. The molecule has 0 spiro atoms. The Kier molecular flexibility index (Phi) is 2.37. The Morgan fingerprint density at radius 1 is 1.06 bits per heavy atom. The molecule has 0 fully saturated rings. The molecule has 0 bridgehead atoms. The van der Waals surface area contributed by atoms with E-state index in [0.29, 0.717) is 17.4 Å². The van der Waals surface area contributed by atoms with E-state index in [1.54, 1.807) is 37.4 Å². The summed E-state index contributed by atoms with van der Waals surface area (Å²) in [6.07, 6.45) is 0. The Morgan fingerprint density at radius 2 is 1.83 bits per heavy atom. The number of phenolic OH excluding ortho intramolecular Hbond substituents is 1. The summed E-state index contributed by atoms with van der Waals surface area (Å²) in [6.45, 7) is 0. The molecular weight excluding hydrogens is 230 g/mol. The van der Waals surface area contributed by atoms with Gasteiger partial charge in [0.2, 0.25) is 5.88 Å². The molecule has 0 aliphatic rings. The van der Waals surface area contributed by atoms with E-state index in [1.165, 1.54) is 0 Å². The maximum atomic E-state index is 9.25. The molecule has 0 unspecified atom stereocenters. The fourth-order valence-electron chi connectivity index (χ4n) is 1.74. The van der Waals surface area contributed by atoms with Crippen molar-refractivity contribution in [1.29, 1.82) is 0 Å². The highest BCUT2D eigenvalue weighted by Gasteiger charge is 2.07. The summed E-state index contributed by atoms with van der Waals surface area (Å²) in [5.41, 5.74) is 2.35. The first-order valence-electron chi connectivity index (χ1n) is 5.46. The molecule has 3 rings (SSSR count). The molecule has 2 aromatic heterocycles. The van der Waals surface area contributed by atoms with Crippen molar-refractivity contribution in [3.05, 3.63) is 36.4 Å². The average molecular weight is 241 g/mol. The number of benzene rings is 1. The predicted octanol–water partition coefficient (Wildman–Crippen LogP) is 2.34. The molecule has 0 aliphatic carbocycles. The number of nitrogens with one attached hydrogen (secondary N) is 1. The summed E-state index contributed by atoms with van der Waals surface area (Å²) >= 11 is 0. The van der Waals surface area contributed by atoms with Crippen LogP contribution in [0.1, 0.15) is 0 Å². The van der Waals surface area contributed by atoms with Crippen LogP contribution in [-0.2, 0) is 0 Å². The highest BCUT2D eigenvalue weighted by Crippen LogP contribution is 2.22. The number of aromatic hydroxyl groups is 1. The van der Waals surface area contributed by atoms with Gasteiger partial charge < -0.3 is 14.8 Å². The Hall–Kier alpha value is -2.56. The molecule has 2 N–H and O–H groups in total. The molecule has 0 saturated carbocycles. The number of aromatic amines is 1. The minimum absolute atomic E-state index is 0.231. The van der Waals surface area contributed by atoms with Crippen LogP contribution in [0, 0.1) is 0 Å². The van der Waals surface area contributed by atoms with Gasteiger partial charge in [-0.1, -0.05) is 0 Å². The van der Waals surface area contributed by atoms with E-state index >= 15 is 0 Å². The van der Waals surface area contributed by atoms with Gasteiger partial charge in [-0.3, -0.25) is 0 Å². The van der Waals surface area contributed by atoms with Crippen LogP contribution in [0.4, 0.5) is 0 Å². The Balaban J connectivity index is 2.10. The van der Waals surface area contributed by atoms with Crippen LogP contribution in [0.3, 0.4) is 0 Å². The van der Waals surface area contributed by atoms with Gasteiger partial charge in [0.25, 0.3) is 0 Å². The lowest BCUT2D eigenvalue weighted by Gasteiger charge is -1.95. The second-order valence-corrected chi connectivity index (χ2v) is 3.86. The van der Waals surface area contributed by atoms with E-state index < -0.39 is 0 Å². The number of phenols is 1. The summed E-state index contributed by atoms with van der Waals surface area (Å²) in [7, 11) is 1.57. The van der Waals surface area contributed by atoms with Crippen molar-refractivity contribution >= 4 is 11.2 Å². The molecule has 0 atom stereocenters. The standard InChI is InChI=1S/C13H11N3O2/c1-18-11-7-6-10-13(15-11)16-12(14-10)8-2-4-9(17)5-3-8/h2-7,17H,1H3,(H,14,15,16). The number of pyridine rings is 1. The third-order valence-corrected chi connectivity index (χ3v) is 2.67. The van der Waals surface area contributed by atoms with Gasteiger partial charge in [0.15, 0.2) is 5.65 Å². The maximum Gasteiger partial charge on any atom is 0.215 e. The zero-order valence-corrected chi connectivity index (χ0v) is 9.71. The molecule has 5 nitrogen and oxygen atoms in total. The fourth-order valence-corrected chi connectivity index (χ4v) is 1.74. The quantitative estimate of drug-likeness (QED) is 0.722. The van der Waals surface area contributed by atoms with E-state index in [1.807, 2.05) is 6.07 Å². The van der Waals surface area contributed by atoms with Crippen LogP contribution in [0.2, 0.25) is 0 Å². The first-order chi connectivity index (χ1) is 8.76. The summed E-state index contributed by atoms with van der Waals surface area (Å²) < 4.78 is 5.05. The molecule has 1 aromatic carbocycles. The lowest BCUT2D eigenvalue weighted by Crippen LogP contribution is -1.86. The molecule has 2 heterocycles. The number of fused-ring (bicyclic) bond motifs is 1. The minimum Gasteiger partial charge on any atom is -0.508 e. The van der Waals surface area contributed by atoms with E-state index in [9.17, 15) is 5.11 Å². The van der Waals surface area contributed by atoms with Gasteiger partial charge in [-0.25, -0.2) is 4.98 Å². The van der Waals surface area contributed by atoms with Crippen LogP contribution in [0.15, 0.2) is 36.4 Å². The van der Waals surface area contributed by atoms with Gasteiger partial charge in [0, 0.05) is 11.6 Å². The highest BCUT2D eigenvalue weighted by molar-refractivity contribution is 5.76. The second-order valence-electron chi connectivity index (χ2n) is 3.86. The van der Waals surface area contributed by atoms with Gasteiger partial charge in [0.1, 0.15) is 11.6 Å². The van der Waals surface area contributed by atoms with Gasteiger partial charge in [0.05, 0.1) is 12.6 Å². The first kappa shape index (κ1) is 10.6. The van der Waals surface area contributed by atoms with E-state index in [-0.39, 0.29) is 5.75 Å². The lowest BCUT2D eigenvalue weighted by atomic mass is 10.2. The Morgan fingerprint density at radius 3 is 2.56 bits per heavy atom. The second kappa shape index (κ2) is 4.03. The third-order valence-electron chi connectivity index (χ3n) is 2.67. The summed E-state index contributed by atoms with van der Waals surface area (Å²) in [5.74, 6) is 1.48. The number of ether oxygens (including phenoxy) is 1. The summed E-state index contributed by atoms with van der Waals surface area (Å²) in [5, 5.41) is 9.25. The highest BCUT2D eigenvalue weighted by atomic mass is 16.5. The summed E-state index contributed by atoms with van der Waals surface area (Å²) in [4.78, 5) is 11.8. The lowest BCUT2D eigenvalue weighted by molar-refractivity contribution is 0.399. The van der Waals surface area contributed by atoms with Crippen LogP contribution >= 0.6 is 0 Å². The summed E-state index contributed by atoms with van der Waals surface area (Å²) in [6, 6.07) is 10.5. The number of hydrogen-bond donors (Lipinski definition) is 2. The molecule has 0 saturated heterocycles. The number of nitrogens with zero attached hydrogens (tertiary/aromatic N) is 2. The third kappa shape index (κ3) is 1.75. The zero-order chi connectivity index (χ0) is 12.5. The smallest absolute Gasteiger partial charge is 0.215 e. The number of rotatable bonds is 2. The monoisotopic (exact) mass is 241 g/mol. The normalized spacial score (nSPS) is 10.7. The van der Waals surface area contributed by atoms with Gasteiger partial charge >= 0.3 is 0 Å². The topological polar surface area (TPSA) is 71.0 Å². The first-order valence-corrected chi connectivity index (χ1v) is 5.46. The van der Waals surface area contributed by atoms with Crippen LogP contribution in [0.5, 0.6) is 11.6 Å². The van der Waals surface area contributed by atoms with Crippen LogP contribution in [-0.4, -0.2) is 27.2 Å².